The number of benzene rings is 1. The zero-order chi connectivity index (χ0) is 14.3. The Kier molecular flexibility index (Phi) is 7.10. The van der Waals surface area contributed by atoms with Gasteiger partial charge in [-0.25, -0.2) is 0 Å². The molecule has 3 nitrogen and oxygen atoms in total. The van der Waals surface area contributed by atoms with Crippen LogP contribution in [0, 0.1) is 0 Å². The molecule has 2 atom stereocenters. The highest BCUT2D eigenvalue weighted by Gasteiger charge is 2.21. The molecule has 1 aromatic carbocycles. The average Bonchev–Trinajstić information content (AvgIpc) is 2.38. The Balaban J connectivity index is 2.70. The first-order chi connectivity index (χ1) is 9.08. The van der Waals surface area contributed by atoms with Gasteiger partial charge in [0.15, 0.2) is 0 Å². The van der Waals surface area contributed by atoms with Crippen LogP contribution in [0.5, 0.6) is 0 Å². The monoisotopic (exact) mass is 327 g/mol. The zero-order valence-corrected chi connectivity index (χ0v) is 13.4. The van der Waals surface area contributed by atoms with Crippen LogP contribution in [0.2, 0.25) is 0 Å². The maximum Gasteiger partial charge on any atom is 0.323 e. The lowest BCUT2D eigenvalue weighted by Gasteiger charge is -2.22. The average molecular weight is 328 g/mol. The Morgan fingerprint density at radius 3 is 2.74 bits per heavy atom. The van der Waals surface area contributed by atoms with Crippen LogP contribution in [-0.4, -0.2) is 18.6 Å². The number of carbonyl (C=O) groups excluding carboxylic acids is 1. The highest BCUT2D eigenvalue weighted by atomic mass is 79.9. The van der Waals surface area contributed by atoms with Gasteiger partial charge in [0.1, 0.15) is 6.04 Å². The third kappa shape index (κ3) is 5.33. The van der Waals surface area contributed by atoms with Crippen LogP contribution < -0.4 is 5.32 Å². The number of hydrogen-bond acceptors (Lipinski definition) is 3. The van der Waals surface area contributed by atoms with Crippen molar-refractivity contribution in [1.29, 1.82) is 0 Å². The molecule has 4 heteroatoms. The fraction of sp³-hybridized carbons (Fsp3) is 0.533. The molecular weight excluding hydrogens is 306 g/mol. The summed E-state index contributed by atoms with van der Waals surface area (Å²) in [6.07, 6.45) is 1.73. The number of halogens is 1. The van der Waals surface area contributed by atoms with E-state index in [0.717, 1.165) is 22.9 Å². The molecule has 106 valence electrons. The largest absolute Gasteiger partial charge is 0.465 e. The number of nitrogens with one attached hydrogen (secondary N) is 1. The van der Waals surface area contributed by atoms with E-state index >= 15 is 0 Å². The van der Waals surface area contributed by atoms with Crippen LogP contribution in [0.3, 0.4) is 0 Å². The smallest absolute Gasteiger partial charge is 0.323 e. The Labute approximate surface area is 123 Å². The topological polar surface area (TPSA) is 38.3 Å². The van der Waals surface area contributed by atoms with Gasteiger partial charge < -0.3 is 4.74 Å². The summed E-state index contributed by atoms with van der Waals surface area (Å²) in [5.41, 5.74) is 1.15. The molecule has 1 aromatic rings. The Morgan fingerprint density at radius 2 is 2.16 bits per heavy atom. The molecular formula is C15H22BrNO2. The summed E-state index contributed by atoms with van der Waals surface area (Å²) < 4.78 is 6.15. The van der Waals surface area contributed by atoms with E-state index < -0.39 is 0 Å². The second-order valence-corrected chi connectivity index (χ2v) is 5.45. The van der Waals surface area contributed by atoms with Crippen LogP contribution in [0.15, 0.2) is 28.7 Å². The maximum atomic E-state index is 11.9. The van der Waals surface area contributed by atoms with Crippen LogP contribution in [0.25, 0.3) is 0 Å². The molecule has 0 aliphatic carbocycles. The van der Waals surface area contributed by atoms with Gasteiger partial charge in [0.05, 0.1) is 6.61 Å². The van der Waals surface area contributed by atoms with Crippen LogP contribution >= 0.6 is 15.9 Å². The highest BCUT2D eigenvalue weighted by Crippen LogP contribution is 2.19. The van der Waals surface area contributed by atoms with Gasteiger partial charge in [0, 0.05) is 10.5 Å². The van der Waals surface area contributed by atoms with E-state index in [1.807, 2.05) is 19.1 Å². The molecule has 0 saturated carbocycles. The van der Waals surface area contributed by atoms with Gasteiger partial charge >= 0.3 is 5.97 Å². The quantitative estimate of drug-likeness (QED) is 0.773. The standard InChI is InChI=1S/C15H22BrNO2/c1-4-7-14(15(18)19-5-2)17-11(3)12-8-6-9-13(16)10-12/h6,8-11,14,17H,4-5,7H2,1-3H3. The summed E-state index contributed by atoms with van der Waals surface area (Å²) in [6.45, 7) is 6.38. The molecule has 0 aliphatic heterocycles. The predicted octanol–water partition coefficient (Wildman–Crippen LogP) is 3.83. The third-order valence-corrected chi connectivity index (χ3v) is 3.44. The van der Waals surface area contributed by atoms with Crippen LogP contribution in [0.1, 0.15) is 45.2 Å². The van der Waals surface area contributed by atoms with Crippen molar-refractivity contribution in [2.45, 2.75) is 45.7 Å². The van der Waals surface area contributed by atoms with Gasteiger partial charge in [-0.3, -0.25) is 10.1 Å². The van der Waals surface area contributed by atoms with Crippen molar-refractivity contribution in [2.24, 2.45) is 0 Å². The van der Waals surface area contributed by atoms with Gasteiger partial charge in [-0.2, -0.15) is 0 Å². The van der Waals surface area contributed by atoms with Gasteiger partial charge in [-0.05, 0) is 38.0 Å². The molecule has 0 fully saturated rings. The molecule has 0 radical (unpaired) electrons. The number of rotatable bonds is 7. The normalized spacial score (nSPS) is 13.9. The van der Waals surface area contributed by atoms with Crippen molar-refractivity contribution in [1.82, 2.24) is 5.32 Å². The first-order valence-corrected chi connectivity index (χ1v) is 7.55. The summed E-state index contributed by atoms with van der Waals surface area (Å²) in [7, 11) is 0. The van der Waals surface area contributed by atoms with Crippen LogP contribution in [0.4, 0.5) is 0 Å². The van der Waals surface area contributed by atoms with Crippen molar-refractivity contribution in [3.8, 4) is 0 Å². The van der Waals surface area contributed by atoms with Gasteiger partial charge in [-0.1, -0.05) is 41.4 Å². The molecule has 0 spiro atoms. The molecule has 2 unspecified atom stereocenters. The van der Waals surface area contributed by atoms with Gasteiger partial charge in [-0.15, -0.1) is 0 Å². The summed E-state index contributed by atoms with van der Waals surface area (Å²) in [5.74, 6) is -0.161. The summed E-state index contributed by atoms with van der Waals surface area (Å²) in [6, 6.07) is 7.97. The molecule has 19 heavy (non-hydrogen) atoms. The van der Waals surface area contributed by atoms with Gasteiger partial charge in [0.25, 0.3) is 0 Å². The van der Waals surface area contributed by atoms with Crippen molar-refractivity contribution in [3.05, 3.63) is 34.3 Å². The summed E-state index contributed by atoms with van der Waals surface area (Å²) in [4.78, 5) is 11.9. The Bertz CT molecular complexity index is 409. The number of hydrogen-bond donors (Lipinski definition) is 1. The second-order valence-electron chi connectivity index (χ2n) is 4.54. The van der Waals surface area contributed by atoms with E-state index in [1.54, 1.807) is 0 Å². The molecule has 0 saturated heterocycles. The highest BCUT2D eigenvalue weighted by molar-refractivity contribution is 9.10. The van der Waals surface area contributed by atoms with Crippen molar-refractivity contribution < 1.29 is 9.53 Å². The minimum Gasteiger partial charge on any atom is -0.465 e. The Morgan fingerprint density at radius 1 is 1.42 bits per heavy atom. The molecule has 0 bridgehead atoms. The molecule has 0 aromatic heterocycles. The first-order valence-electron chi connectivity index (χ1n) is 6.76. The first kappa shape index (κ1) is 16.2. The van der Waals surface area contributed by atoms with Gasteiger partial charge in [0.2, 0.25) is 0 Å². The zero-order valence-electron chi connectivity index (χ0n) is 11.8. The molecule has 1 rings (SSSR count). The number of carbonyl (C=O) groups is 1. The lowest BCUT2D eigenvalue weighted by molar-refractivity contribution is -0.146. The van der Waals surface area contributed by atoms with Crippen LogP contribution in [-0.2, 0) is 9.53 Å². The van der Waals surface area contributed by atoms with Crippen molar-refractivity contribution in [2.75, 3.05) is 6.61 Å². The SMILES string of the molecule is CCCC(NC(C)c1cccc(Br)c1)C(=O)OCC. The Hall–Kier alpha value is -0.870. The maximum absolute atomic E-state index is 11.9. The number of ether oxygens (including phenoxy) is 1. The second kappa shape index (κ2) is 8.33. The van der Waals surface area contributed by atoms with E-state index in [4.69, 9.17) is 4.74 Å². The molecule has 1 N–H and O–H groups in total. The van der Waals surface area contributed by atoms with E-state index in [-0.39, 0.29) is 18.1 Å². The number of esters is 1. The lowest BCUT2D eigenvalue weighted by atomic mass is 10.1. The minimum absolute atomic E-state index is 0.110. The predicted molar refractivity (Wildman–Crippen MR) is 81.0 cm³/mol. The van der Waals surface area contributed by atoms with Crippen molar-refractivity contribution >= 4 is 21.9 Å². The third-order valence-electron chi connectivity index (χ3n) is 2.95. The molecule has 0 heterocycles. The lowest BCUT2D eigenvalue weighted by Crippen LogP contribution is -2.39. The molecule has 0 aliphatic rings. The van der Waals surface area contributed by atoms with E-state index in [2.05, 4.69) is 47.2 Å². The van der Waals surface area contributed by atoms with E-state index in [0.29, 0.717) is 6.61 Å². The van der Waals surface area contributed by atoms with E-state index in [9.17, 15) is 4.79 Å². The summed E-state index contributed by atoms with van der Waals surface area (Å²) >= 11 is 3.46. The van der Waals surface area contributed by atoms with E-state index in [1.165, 1.54) is 0 Å². The fourth-order valence-corrected chi connectivity index (χ4v) is 2.39. The summed E-state index contributed by atoms with van der Waals surface area (Å²) in [5, 5.41) is 3.35. The molecule has 0 amide bonds. The van der Waals surface area contributed by atoms with Crippen molar-refractivity contribution in [3.63, 3.8) is 0 Å². The fourth-order valence-electron chi connectivity index (χ4n) is 1.97. The minimum atomic E-state index is -0.237.